The number of ether oxygens (including phenoxy) is 2. The van der Waals surface area contributed by atoms with E-state index in [0.717, 1.165) is 10.6 Å². The number of H-pyrrole nitrogens is 1. The van der Waals surface area contributed by atoms with E-state index >= 15 is 0 Å². The van der Waals surface area contributed by atoms with E-state index in [9.17, 15) is 9.90 Å². The third-order valence-corrected chi connectivity index (χ3v) is 5.19. The Morgan fingerprint density at radius 1 is 1.39 bits per heavy atom. The largest absolute Gasteiger partial charge is 0.388 e. The summed E-state index contributed by atoms with van der Waals surface area (Å²) in [6.07, 6.45) is -1.28. The number of aliphatic hydroxyl groups excluding tert-OH is 1. The maximum atomic E-state index is 12.4. The number of fused-ring (bicyclic) bond motifs is 1. The molecule has 8 heteroatoms. The van der Waals surface area contributed by atoms with Gasteiger partial charge < -0.3 is 19.9 Å². The van der Waals surface area contributed by atoms with Crippen LogP contribution in [0.15, 0.2) is 18.2 Å². The summed E-state index contributed by atoms with van der Waals surface area (Å²) in [5.74, 6) is -0.278. The van der Waals surface area contributed by atoms with Gasteiger partial charge in [-0.15, -0.1) is 11.3 Å². The van der Waals surface area contributed by atoms with Gasteiger partial charge in [-0.2, -0.15) is 5.10 Å². The van der Waals surface area contributed by atoms with E-state index in [4.69, 9.17) is 9.47 Å². The topological polar surface area (TPSA) is 96.5 Å². The maximum Gasteiger partial charge on any atom is 0.272 e. The van der Waals surface area contributed by atoms with Gasteiger partial charge in [-0.1, -0.05) is 0 Å². The summed E-state index contributed by atoms with van der Waals surface area (Å²) < 4.78 is 11.0. The van der Waals surface area contributed by atoms with Gasteiger partial charge in [0.25, 0.3) is 5.91 Å². The summed E-state index contributed by atoms with van der Waals surface area (Å²) in [6.45, 7) is 2.61. The van der Waals surface area contributed by atoms with Gasteiger partial charge in [-0.05, 0) is 25.1 Å². The van der Waals surface area contributed by atoms with Gasteiger partial charge in [0.05, 0.1) is 29.8 Å². The smallest absolute Gasteiger partial charge is 0.272 e. The molecule has 2 aliphatic rings. The highest BCUT2D eigenvalue weighted by molar-refractivity contribution is 7.15. The molecule has 2 aliphatic heterocycles. The van der Waals surface area contributed by atoms with E-state index in [2.05, 4.69) is 15.5 Å². The van der Waals surface area contributed by atoms with Crippen molar-refractivity contribution >= 4 is 17.2 Å². The van der Waals surface area contributed by atoms with Crippen LogP contribution in [0.3, 0.4) is 0 Å². The van der Waals surface area contributed by atoms with Crippen LogP contribution < -0.4 is 5.32 Å². The van der Waals surface area contributed by atoms with Crippen molar-refractivity contribution in [2.24, 2.45) is 0 Å². The number of amides is 1. The van der Waals surface area contributed by atoms with Gasteiger partial charge >= 0.3 is 0 Å². The van der Waals surface area contributed by atoms with Gasteiger partial charge in [0, 0.05) is 4.88 Å². The lowest BCUT2D eigenvalue weighted by Gasteiger charge is -2.16. The van der Waals surface area contributed by atoms with Gasteiger partial charge in [0.15, 0.2) is 5.69 Å². The van der Waals surface area contributed by atoms with Crippen LogP contribution in [0.1, 0.15) is 15.4 Å². The fourth-order valence-corrected chi connectivity index (χ4v) is 3.82. The van der Waals surface area contributed by atoms with Crippen molar-refractivity contribution in [2.45, 2.75) is 31.3 Å². The number of carbonyl (C=O) groups is 1. The van der Waals surface area contributed by atoms with Crippen LogP contribution in [0.4, 0.5) is 0 Å². The predicted molar refractivity (Wildman–Crippen MR) is 83.4 cm³/mol. The van der Waals surface area contributed by atoms with Crippen molar-refractivity contribution in [2.75, 3.05) is 13.2 Å². The summed E-state index contributed by atoms with van der Waals surface area (Å²) in [5.41, 5.74) is 1.15. The standard InChI is InChI=1S/C15H17N3O4S/c1-7-2-3-12(23-7)8-4-9(18-17-8)15(20)16-10-5-21-14-11(19)6-22-13(10)14/h2-4,10-11,13-14,19H,5-6H2,1H3,(H,16,20)(H,17,18)/t10-,11-,13-,14-/m1/s1. The normalized spacial score (nSPS) is 29.7. The van der Waals surface area contributed by atoms with Crippen LogP contribution in [0.5, 0.6) is 0 Å². The molecule has 4 atom stereocenters. The molecule has 23 heavy (non-hydrogen) atoms. The highest BCUT2D eigenvalue weighted by Crippen LogP contribution is 2.28. The lowest BCUT2D eigenvalue weighted by molar-refractivity contribution is 0.0178. The summed E-state index contributed by atoms with van der Waals surface area (Å²) in [7, 11) is 0. The zero-order chi connectivity index (χ0) is 16.0. The molecule has 2 aromatic heterocycles. The van der Waals surface area contributed by atoms with Crippen molar-refractivity contribution in [3.8, 4) is 10.6 Å². The molecule has 4 rings (SSSR count). The molecule has 0 spiro atoms. The lowest BCUT2D eigenvalue weighted by Crippen LogP contribution is -2.44. The number of rotatable bonds is 3. The van der Waals surface area contributed by atoms with E-state index in [1.54, 1.807) is 17.4 Å². The average Bonchev–Trinajstić information content (AvgIpc) is 3.26. The maximum absolute atomic E-state index is 12.4. The van der Waals surface area contributed by atoms with Gasteiger partial charge in [0.2, 0.25) is 0 Å². The second kappa shape index (κ2) is 5.72. The second-order valence-corrected chi connectivity index (χ2v) is 7.11. The quantitative estimate of drug-likeness (QED) is 0.767. The molecule has 1 amide bonds. The van der Waals surface area contributed by atoms with E-state index in [-0.39, 0.29) is 30.8 Å². The minimum atomic E-state index is -0.624. The van der Waals surface area contributed by atoms with Gasteiger partial charge in [0.1, 0.15) is 18.3 Å². The summed E-state index contributed by atoms with van der Waals surface area (Å²) in [6, 6.07) is 5.49. The SMILES string of the molecule is Cc1ccc(-c2cc(C(=O)N[C@@H]3CO[C@H]4[C@@H]3OC[C@H]4O)n[nH]2)s1. The number of hydrogen-bond acceptors (Lipinski definition) is 6. The molecular weight excluding hydrogens is 318 g/mol. The molecule has 0 unspecified atom stereocenters. The summed E-state index contributed by atoms with van der Waals surface area (Å²) >= 11 is 1.64. The number of aromatic amines is 1. The molecule has 0 bridgehead atoms. The number of aryl methyl sites for hydroxylation is 1. The Morgan fingerprint density at radius 2 is 2.22 bits per heavy atom. The number of aromatic nitrogens is 2. The Balaban J connectivity index is 1.45. The first-order chi connectivity index (χ1) is 11.1. The van der Waals surface area contributed by atoms with E-state index < -0.39 is 6.10 Å². The van der Waals surface area contributed by atoms with E-state index in [0.29, 0.717) is 12.3 Å². The molecule has 7 nitrogen and oxygen atoms in total. The second-order valence-electron chi connectivity index (χ2n) is 5.82. The Hall–Kier alpha value is -1.74. The molecule has 0 saturated carbocycles. The number of thiophene rings is 1. The van der Waals surface area contributed by atoms with Crippen molar-refractivity contribution < 1.29 is 19.4 Å². The van der Waals surface area contributed by atoms with E-state index in [1.165, 1.54) is 4.88 Å². The Kier molecular flexibility index (Phi) is 3.68. The van der Waals surface area contributed by atoms with Crippen LogP contribution in [0, 0.1) is 6.92 Å². The average molecular weight is 335 g/mol. The summed E-state index contributed by atoms with van der Waals surface area (Å²) in [5, 5.41) is 19.6. The number of nitrogens with one attached hydrogen (secondary N) is 2. The predicted octanol–water partition coefficient (Wildman–Crippen LogP) is 0.704. The van der Waals surface area contributed by atoms with Crippen molar-refractivity contribution in [3.05, 3.63) is 28.8 Å². The molecule has 0 aromatic carbocycles. The summed E-state index contributed by atoms with van der Waals surface area (Å²) in [4.78, 5) is 14.6. The van der Waals surface area contributed by atoms with Crippen LogP contribution in [-0.4, -0.2) is 58.8 Å². The Morgan fingerprint density at radius 3 is 3.00 bits per heavy atom. The van der Waals surface area contributed by atoms with Crippen LogP contribution in [-0.2, 0) is 9.47 Å². The third-order valence-electron chi connectivity index (χ3n) is 4.16. The Bertz CT molecular complexity index is 728. The molecular formula is C15H17N3O4S. The van der Waals surface area contributed by atoms with Crippen molar-refractivity contribution in [3.63, 3.8) is 0 Å². The minimum absolute atomic E-state index is 0.242. The fraction of sp³-hybridized carbons (Fsp3) is 0.467. The number of nitrogens with zero attached hydrogens (tertiary/aromatic N) is 1. The van der Waals surface area contributed by atoms with E-state index in [1.807, 2.05) is 19.1 Å². The van der Waals surface area contributed by atoms with Crippen LogP contribution in [0.25, 0.3) is 10.6 Å². The van der Waals surface area contributed by atoms with Crippen molar-refractivity contribution in [1.82, 2.24) is 15.5 Å². The molecule has 122 valence electrons. The van der Waals surface area contributed by atoms with Crippen LogP contribution in [0.2, 0.25) is 0 Å². The molecule has 4 heterocycles. The monoisotopic (exact) mass is 335 g/mol. The van der Waals surface area contributed by atoms with Gasteiger partial charge in [-0.25, -0.2) is 0 Å². The first-order valence-electron chi connectivity index (χ1n) is 7.46. The fourth-order valence-electron chi connectivity index (χ4n) is 2.99. The zero-order valence-electron chi connectivity index (χ0n) is 12.5. The highest BCUT2D eigenvalue weighted by Gasteiger charge is 2.47. The molecule has 0 aliphatic carbocycles. The number of carbonyl (C=O) groups excluding carboxylic acids is 1. The molecule has 0 radical (unpaired) electrons. The Labute approximate surface area is 136 Å². The molecule has 2 aromatic rings. The highest BCUT2D eigenvalue weighted by atomic mass is 32.1. The minimum Gasteiger partial charge on any atom is -0.388 e. The molecule has 2 saturated heterocycles. The first kappa shape index (κ1) is 14.8. The first-order valence-corrected chi connectivity index (χ1v) is 8.28. The van der Waals surface area contributed by atoms with Gasteiger partial charge in [-0.3, -0.25) is 9.89 Å². The zero-order valence-corrected chi connectivity index (χ0v) is 13.3. The van der Waals surface area contributed by atoms with Crippen molar-refractivity contribution in [1.29, 1.82) is 0 Å². The number of hydrogen-bond donors (Lipinski definition) is 3. The molecule has 3 N–H and O–H groups in total. The lowest BCUT2D eigenvalue weighted by atomic mass is 10.1. The number of aliphatic hydroxyl groups is 1. The van der Waals surface area contributed by atoms with Crippen LogP contribution >= 0.6 is 11.3 Å². The third kappa shape index (κ3) is 2.67. The molecule has 2 fully saturated rings.